The van der Waals surface area contributed by atoms with Gasteiger partial charge < -0.3 is 25.6 Å². The zero-order valence-electron chi connectivity index (χ0n) is 21.1. The average Bonchev–Trinajstić information content (AvgIpc) is 3.32. The lowest BCUT2D eigenvalue weighted by Crippen LogP contribution is -2.28. The van der Waals surface area contributed by atoms with Crippen LogP contribution < -0.4 is 25.6 Å². The molecular formula is C29H28N6O3. The van der Waals surface area contributed by atoms with Gasteiger partial charge in [-0.1, -0.05) is 18.2 Å². The second kappa shape index (κ2) is 11.0. The highest BCUT2D eigenvalue weighted by atomic mass is 16.5. The quantitative estimate of drug-likeness (QED) is 0.297. The molecule has 3 N–H and O–H groups in total. The van der Waals surface area contributed by atoms with Crippen LogP contribution in [-0.2, 0) is 9.59 Å². The molecule has 9 nitrogen and oxygen atoms in total. The predicted molar refractivity (Wildman–Crippen MR) is 148 cm³/mol. The van der Waals surface area contributed by atoms with E-state index in [0.717, 1.165) is 28.5 Å². The first kappa shape index (κ1) is 24.8. The first-order valence-corrected chi connectivity index (χ1v) is 12.3. The molecule has 2 amide bonds. The van der Waals surface area contributed by atoms with Crippen molar-refractivity contribution >= 4 is 46.3 Å². The van der Waals surface area contributed by atoms with Crippen LogP contribution in [0.4, 0.5) is 34.5 Å². The lowest BCUT2D eigenvalue weighted by atomic mass is 10.1. The van der Waals surface area contributed by atoms with Crippen molar-refractivity contribution in [3.8, 4) is 5.75 Å². The monoisotopic (exact) mass is 508 g/mol. The van der Waals surface area contributed by atoms with E-state index in [0.29, 0.717) is 24.0 Å². The number of rotatable bonds is 8. The van der Waals surface area contributed by atoms with E-state index in [-0.39, 0.29) is 18.2 Å². The van der Waals surface area contributed by atoms with Crippen LogP contribution in [0.5, 0.6) is 5.75 Å². The van der Waals surface area contributed by atoms with Gasteiger partial charge in [-0.3, -0.25) is 9.59 Å². The molecule has 0 bridgehead atoms. The number of hydrogen-bond acceptors (Lipinski definition) is 7. The summed E-state index contributed by atoms with van der Waals surface area (Å²) < 4.78 is 5.20. The van der Waals surface area contributed by atoms with Crippen molar-refractivity contribution in [2.75, 3.05) is 34.5 Å². The van der Waals surface area contributed by atoms with Crippen LogP contribution in [-0.4, -0.2) is 35.4 Å². The number of amides is 2. The van der Waals surface area contributed by atoms with Gasteiger partial charge in [0.1, 0.15) is 11.6 Å². The third-order valence-corrected chi connectivity index (χ3v) is 6.19. The van der Waals surface area contributed by atoms with Crippen molar-refractivity contribution in [3.63, 3.8) is 0 Å². The molecule has 1 aliphatic rings. The maximum Gasteiger partial charge on any atom is 0.229 e. The zero-order chi connectivity index (χ0) is 26.5. The van der Waals surface area contributed by atoms with Crippen molar-refractivity contribution in [1.82, 2.24) is 9.97 Å². The van der Waals surface area contributed by atoms with Gasteiger partial charge in [-0.15, -0.1) is 0 Å². The molecular weight excluding hydrogens is 480 g/mol. The van der Waals surface area contributed by atoms with Crippen molar-refractivity contribution in [1.29, 1.82) is 0 Å². The molecule has 0 unspecified atom stereocenters. The molecule has 1 aromatic heterocycles. The third-order valence-electron chi connectivity index (χ3n) is 6.19. The van der Waals surface area contributed by atoms with E-state index in [1.54, 1.807) is 24.1 Å². The van der Waals surface area contributed by atoms with Gasteiger partial charge in [0.05, 0.1) is 13.0 Å². The SMILES string of the molecule is COc1ccc(Nc2cc(C)nc(Nc3ccc(NC(=O)[C@H]4CC(=O)N(c5ccccc5)C4)cc3)n2)cc1. The van der Waals surface area contributed by atoms with E-state index < -0.39 is 5.92 Å². The number of anilines is 6. The number of hydrogen-bond donors (Lipinski definition) is 3. The van der Waals surface area contributed by atoms with Crippen LogP contribution in [0.3, 0.4) is 0 Å². The summed E-state index contributed by atoms with van der Waals surface area (Å²) in [6, 6.07) is 26.1. The molecule has 4 aromatic rings. The molecule has 1 atom stereocenters. The van der Waals surface area contributed by atoms with Crippen LogP contribution in [0.1, 0.15) is 12.1 Å². The zero-order valence-corrected chi connectivity index (χ0v) is 21.1. The lowest BCUT2D eigenvalue weighted by Gasteiger charge is -2.16. The summed E-state index contributed by atoms with van der Waals surface area (Å²) >= 11 is 0. The summed E-state index contributed by atoms with van der Waals surface area (Å²) in [4.78, 5) is 36.0. The Balaban J connectivity index is 1.19. The van der Waals surface area contributed by atoms with Gasteiger partial charge in [0.25, 0.3) is 0 Å². The summed E-state index contributed by atoms with van der Waals surface area (Å²) in [5.74, 6) is 1.26. The van der Waals surface area contributed by atoms with Crippen LogP contribution in [0.15, 0.2) is 84.9 Å². The van der Waals surface area contributed by atoms with Gasteiger partial charge in [0.2, 0.25) is 17.8 Å². The minimum absolute atomic E-state index is 0.0464. The molecule has 1 fully saturated rings. The molecule has 2 heterocycles. The molecule has 0 aliphatic carbocycles. The summed E-state index contributed by atoms with van der Waals surface area (Å²) in [7, 11) is 1.63. The highest BCUT2D eigenvalue weighted by Gasteiger charge is 2.35. The Bertz CT molecular complexity index is 1430. The first-order valence-electron chi connectivity index (χ1n) is 12.3. The second-order valence-corrected chi connectivity index (χ2v) is 9.00. The molecule has 192 valence electrons. The first-order chi connectivity index (χ1) is 18.5. The highest BCUT2D eigenvalue weighted by Crippen LogP contribution is 2.26. The number of nitrogens with zero attached hydrogens (tertiary/aromatic N) is 3. The Labute approximate surface area is 220 Å². The number of aryl methyl sites for hydroxylation is 1. The Kier molecular flexibility index (Phi) is 7.17. The fraction of sp³-hybridized carbons (Fsp3) is 0.172. The van der Waals surface area contributed by atoms with Crippen molar-refractivity contribution in [3.05, 3.63) is 90.6 Å². The van der Waals surface area contributed by atoms with Gasteiger partial charge in [0.15, 0.2) is 0 Å². The van der Waals surface area contributed by atoms with Crippen LogP contribution in [0.2, 0.25) is 0 Å². The van der Waals surface area contributed by atoms with Gasteiger partial charge in [0, 0.05) is 47.5 Å². The molecule has 38 heavy (non-hydrogen) atoms. The van der Waals surface area contributed by atoms with Gasteiger partial charge in [-0.05, 0) is 67.6 Å². The molecule has 3 aromatic carbocycles. The van der Waals surface area contributed by atoms with Crippen LogP contribution >= 0.6 is 0 Å². The fourth-order valence-electron chi connectivity index (χ4n) is 4.26. The highest BCUT2D eigenvalue weighted by molar-refractivity contribution is 6.03. The Hall–Kier alpha value is -4.92. The number of nitrogens with one attached hydrogen (secondary N) is 3. The maximum absolute atomic E-state index is 12.8. The Morgan fingerprint density at radius 2 is 1.55 bits per heavy atom. The number of benzene rings is 3. The fourth-order valence-corrected chi connectivity index (χ4v) is 4.26. The van der Waals surface area contributed by atoms with E-state index in [2.05, 4.69) is 25.9 Å². The normalized spacial score (nSPS) is 14.7. The van der Waals surface area contributed by atoms with E-state index >= 15 is 0 Å². The van der Waals surface area contributed by atoms with E-state index in [1.807, 2.05) is 79.7 Å². The average molecular weight is 509 g/mol. The summed E-state index contributed by atoms with van der Waals surface area (Å²) in [5, 5.41) is 9.41. The number of para-hydroxylation sites is 1. The van der Waals surface area contributed by atoms with Crippen LogP contribution in [0, 0.1) is 12.8 Å². The van der Waals surface area contributed by atoms with Crippen molar-refractivity contribution in [2.45, 2.75) is 13.3 Å². The molecule has 9 heteroatoms. The van der Waals surface area contributed by atoms with Gasteiger partial charge in [-0.25, -0.2) is 4.98 Å². The largest absolute Gasteiger partial charge is 0.497 e. The Morgan fingerprint density at radius 3 is 2.26 bits per heavy atom. The standard InChI is InChI=1S/C29H28N6O3/c1-19-16-26(31-21-12-14-25(38-2)15-13-21)34-29(30-19)33-23-10-8-22(9-11-23)32-28(37)20-17-27(36)35(18-20)24-6-4-3-5-7-24/h3-16,20H,17-18H2,1-2H3,(H,32,37)(H2,30,31,33,34)/t20-/m0/s1. The van der Waals surface area contributed by atoms with Gasteiger partial charge in [-0.2, -0.15) is 4.98 Å². The topological polar surface area (TPSA) is 108 Å². The van der Waals surface area contributed by atoms with Crippen molar-refractivity contribution in [2.24, 2.45) is 5.92 Å². The minimum atomic E-state index is -0.405. The third kappa shape index (κ3) is 5.89. The molecule has 1 aliphatic heterocycles. The van der Waals surface area contributed by atoms with Crippen molar-refractivity contribution < 1.29 is 14.3 Å². The molecule has 5 rings (SSSR count). The molecule has 1 saturated heterocycles. The molecule has 0 spiro atoms. The maximum atomic E-state index is 12.8. The van der Waals surface area contributed by atoms with E-state index in [1.165, 1.54) is 0 Å². The van der Waals surface area contributed by atoms with Crippen LogP contribution in [0.25, 0.3) is 0 Å². The second-order valence-electron chi connectivity index (χ2n) is 9.00. The summed E-state index contributed by atoms with van der Waals surface area (Å²) in [6.45, 7) is 2.27. The van der Waals surface area contributed by atoms with E-state index in [4.69, 9.17) is 4.74 Å². The van der Waals surface area contributed by atoms with Gasteiger partial charge >= 0.3 is 0 Å². The predicted octanol–water partition coefficient (Wildman–Crippen LogP) is 5.27. The number of ether oxygens (including phenoxy) is 1. The molecule has 0 radical (unpaired) electrons. The van der Waals surface area contributed by atoms with E-state index in [9.17, 15) is 9.59 Å². The molecule has 0 saturated carbocycles. The minimum Gasteiger partial charge on any atom is -0.497 e. The Morgan fingerprint density at radius 1 is 0.895 bits per heavy atom. The number of carbonyl (C=O) groups excluding carboxylic acids is 2. The number of methoxy groups -OCH3 is 1. The lowest BCUT2D eigenvalue weighted by molar-refractivity contribution is -0.122. The number of aromatic nitrogens is 2. The smallest absolute Gasteiger partial charge is 0.229 e. The summed E-state index contributed by atoms with van der Waals surface area (Å²) in [6.07, 6.45) is 0.192. The summed E-state index contributed by atoms with van der Waals surface area (Å²) in [5.41, 5.74) is 3.92. The number of carbonyl (C=O) groups is 2.